The lowest BCUT2D eigenvalue weighted by Crippen LogP contribution is -2.28. The van der Waals surface area contributed by atoms with Crippen LogP contribution in [0.2, 0.25) is 0 Å². The van der Waals surface area contributed by atoms with Gasteiger partial charge in [-0.15, -0.1) is 0 Å². The van der Waals surface area contributed by atoms with Gasteiger partial charge in [-0.25, -0.2) is 0 Å². The molecule has 14 heavy (non-hydrogen) atoms. The molecule has 1 saturated carbocycles. The van der Waals surface area contributed by atoms with Crippen molar-refractivity contribution in [3.8, 4) is 0 Å². The van der Waals surface area contributed by atoms with E-state index in [0.29, 0.717) is 6.42 Å². The van der Waals surface area contributed by atoms with Crippen molar-refractivity contribution in [2.24, 2.45) is 11.3 Å². The Morgan fingerprint density at radius 1 is 1.21 bits per heavy atom. The van der Waals surface area contributed by atoms with E-state index in [4.69, 9.17) is 4.74 Å². The zero-order valence-corrected chi connectivity index (χ0v) is 10.0. The fraction of sp³-hybridized carbons (Fsp3) is 0.917. The lowest BCUT2D eigenvalue weighted by molar-refractivity contribution is -0.157. The van der Waals surface area contributed by atoms with Gasteiger partial charge < -0.3 is 4.74 Å². The first-order valence-electron chi connectivity index (χ1n) is 5.42. The van der Waals surface area contributed by atoms with Crippen LogP contribution in [-0.2, 0) is 9.53 Å². The van der Waals surface area contributed by atoms with Crippen molar-refractivity contribution >= 4 is 5.97 Å². The summed E-state index contributed by atoms with van der Waals surface area (Å²) >= 11 is 0. The van der Waals surface area contributed by atoms with Crippen molar-refractivity contribution in [2.75, 3.05) is 0 Å². The fourth-order valence-electron chi connectivity index (χ4n) is 1.76. The quantitative estimate of drug-likeness (QED) is 0.651. The minimum absolute atomic E-state index is 0.0607. The average molecular weight is 198 g/mol. The molecule has 1 fully saturated rings. The monoisotopic (exact) mass is 198 g/mol. The second kappa shape index (κ2) is 3.56. The van der Waals surface area contributed by atoms with Crippen LogP contribution in [0.25, 0.3) is 0 Å². The van der Waals surface area contributed by atoms with E-state index in [1.165, 1.54) is 12.8 Å². The van der Waals surface area contributed by atoms with Gasteiger partial charge in [0.25, 0.3) is 0 Å². The molecule has 0 heterocycles. The number of hydrogen-bond donors (Lipinski definition) is 0. The molecule has 0 unspecified atom stereocenters. The molecule has 0 amide bonds. The molecule has 0 atom stereocenters. The molecular formula is C12H22O2. The molecule has 2 heteroatoms. The second-order valence-electron chi connectivity index (χ2n) is 6.03. The zero-order chi connectivity index (χ0) is 11.0. The Kier molecular flexibility index (Phi) is 2.93. The summed E-state index contributed by atoms with van der Waals surface area (Å²) in [6, 6.07) is 0. The second-order valence-corrected chi connectivity index (χ2v) is 6.03. The third kappa shape index (κ3) is 3.69. The van der Waals surface area contributed by atoms with E-state index >= 15 is 0 Å². The van der Waals surface area contributed by atoms with E-state index in [2.05, 4.69) is 13.8 Å². The van der Waals surface area contributed by atoms with Gasteiger partial charge in [0.1, 0.15) is 5.60 Å². The van der Waals surface area contributed by atoms with E-state index < -0.39 is 0 Å². The first kappa shape index (κ1) is 11.5. The normalized spacial score (nSPS) is 18.1. The average Bonchev–Trinajstić information content (AvgIpc) is 2.57. The highest BCUT2D eigenvalue weighted by molar-refractivity contribution is 5.70. The van der Waals surface area contributed by atoms with Crippen LogP contribution >= 0.6 is 0 Å². The van der Waals surface area contributed by atoms with Gasteiger partial charge in [0.15, 0.2) is 0 Å². The smallest absolute Gasteiger partial charge is 0.306 e. The van der Waals surface area contributed by atoms with Crippen LogP contribution in [-0.4, -0.2) is 11.6 Å². The number of ether oxygens (including phenoxy) is 1. The van der Waals surface area contributed by atoms with Crippen molar-refractivity contribution in [3.63, 3.8) is 0 Å². The zero-order valence-electron chi connectivity index (χ0n) is 10.0. The molecule has 0 N–H and O–H groups in total. The van der Waals surface area contributed by atoms with Gasteiger partial charge >= 0.3 is 5.97 Å². The van der Waals surface area contributed by atoms with E-state index in [1.54, 1.807) is 0 Å². The minimum Gasteiger partial charge on any atom is -0.460 e. The summed E-state index contributed by atoms with van der Waals surface area (Å²) in [4.78, 5) is 11.6. The predicted molar refractivity (Wildman–Crippen MR) is 57.0 cm³/mol. The van der Waals surface area contributed by atoms with Crippen LogP contribution in [0.15, 0.2) is 0 Å². The van der Waals surface area contributed by atoms with Crippen LogP contribution in [0.3, 0.4) is 0 Å². The Bertz CT molecular complexity index is 219. The standard InChI is InChI=1S/C12H22O2/c1-11(2,3)14-10(13)8-12(4,5)9-6-7-9/h9H,6-8H2,1-5H3. The molecule has 1 aliphatic rings. The minimum atomic E-state index is -0.350. The maximum Gasteiger partial charge on any atom is 0.306 e. The van der Waals surface area contributed by atoms with Crippen molar-refractivity contribution in [3.05, 3.63) is 0 Å². The van der Waals surface area contributed by atoms with E-state index in [1.807, 2.05) is 20.8 Å². The van der Waals surface area contributed by atoms with Gasteiger partial charge in [-0.3, -0.25) is 4.79 Å². The molecule has 0 bridgehead atoms. The summed E-state index contributed by atoms with van der Waals surface area (Å²) in [5, 5.41) is 0. The van der Waals surface area contributed by atoms with E-state index in [0.717, 1.165) is 5.92 Å². The Morgan fingerprint density at radius 2 is 1.71 bits per heavy atom. The molecule has 0 radical (unpaired) electrons. The summed E-state index contributed by atoms with van der Waals surface area (Å²) in [7, 11) is 0. The molecule has 0 aromatic rings. The Balaban J connectivity index is 2.40. The first-order chi connectivity index (χ1) is 6.21. The highest BCUT2D eigenvalue weighted by Crippen LogP contribution is 2.47. The maximum absolute atomic E-state index is 11.6. The predicted octanol–water partition coefficient (Wildman–Crippen LogP) is 3.15. The number of hydrogen-bond acceptors (Lipinski definition) is 2. The van der Waals surface area contributed by atoms with Crippen molar-refractivity contribution < 1.29 is 9.53 Å². The van der Waals surface area contributed by atoms with Gasteiger partial charge in [-0.2, -0.15) is 0 Å². The highest BCUT2D eigenvalue weighted by atomic mass is 16.6. The SMILES string of the molecule is CC(C)(C)OC(=O)CC(C)(C)C1CC1. The Hall–Kier alpha value is -0.530. The summed E-state index contributed by atoms with van der Waals surface area (Å²) in [5.41, 5.74) is -0.223. The van der Waals surface area contributed by atoms with Crippen molar-refractivity contribution in [2.45, 2.75) is 59.5 Å². The van der Waals surface area contributed by atoms with Crippen LogP contribution in [0.1, 0.15) is 53.9 Å². The van der Waals surface area contributed by atoms with Crippen LogP contribution < -0.4 is 0 Å². The van der Waals surface area contributed by atoms with Gasteiger partial charge in [-0.1, -0.05) is 13.8 Å². The Morgan fingerprint density at radius 3 is 2.07 bits per heavy atom. The molecular weight excluding hydrogens is 176 g/mol. The van der Waals surface area contributed by atoms with Gasteiger partial charge in [0.2, 0.25) is 0 Å². The number of esters is 1. The van der Waals surface area contributed by atoms with Crippen LogP contribution in [0, 0.1) is 11.3 Å². The summed E-state index contributed by atoms with van der Waals surface area (Å²) in [6.45, 7) is 10.1. The fourth-order valence-corrected chi connectivity index (χ4v) is 1.76. The van der Waals surface area contributed by atoms with Gasteiger partial charge in [-0.05, 0) is 44.9 Å². The summed E-state index contributed by atoms with van der Waals surface area (Å²) in [6.07, 6.45) is 3.10. The van der Waals surface area contributed by atoms with Gasteiger partial charge in [0.05, 0.1) is 6.42 Å². The number of carbonyl (C=O) groups excluding carboxylic acids is 1. The molecule has 2 nitrogen and oxygen atoms in total. The lowest BCUT2D eigenvalue weighted by Gasteiger charge is -2.26. The highest BCUT2D eigenvalue weighted by Gasteiger charge is 2.39. The third-order valence-electron chi connectivity index (χ3n) is 2.70. The Labute approximate surface area is 87.0 Å². The van der Waals surface area contributed by atoms with Gasteiger partial charge in [0, 0.05) is 0 Å². The van der Waals surface area contributed by atoms with E-state index in [9.17, 15) is 4.79 Å². The lowest BCUT2D eigenvalue weighted by atomic mass is 9.84. The number of carbonyl (C=O) groups is 1. The summed E-state index contributed by atoms with van der Waals surface area (Å²) < 4.78 is 5.31. The third-order valence-corrected chi connectivity index (χ3v) is 2.70. The van der Waals surface area contributed by atoms with E-state index in [-0.39, 0.29) is 17.0 Å². The number of rotatable bonds is 3. The largest absolute Gasteiger partial charge is 0.460 e. The molecule has 0 saturated heterocycles. The molecule has 0 aliphatic heterocycles. The summed E-state index contributed by atoms with van der Waals surface area (Å²) in [5.74, 6) is 0.671. The molecule has 1 aliphatic carbocycles. The van der Waals surface area contributed by atoms with Crippen LogP contribution in [0.4, 0.5) is 0 Å². The molecule has 0 aromatic heterocycles. The van der Waals surface area contributed by atoms with Crippen LogP contribution in [0.5, 0.6) is 0 Å². The molecule has 0 aromatic carbocycles. The first-order valence-corrected chi connectivity index (χ1v) is 5.42. The topological polar surface area (TPSA) is 26.3 Å². The molecule has 1 rings (SSSR count). The van der Waals surface area contributed by atoms with Crippen molar-refractivity contribution in [1.82, 2.24) is 0 Å². The van der Waals surface area contributed by atoms with Crippen molar-refractivity contribution in [1.29, 1.82) is 0 Å². The maximum atomic E-state index is 11.6. The molecule has 82 valence electrons. The molecule has 0 spiro atoms.